The van der Waals surface area contributed by atoms with Crippen molar-refractivity contribution in [2.24, 2.45) is 0 Å². The SMILES string of the molecule is O=C(OCc1ccccc1)N1CCC2(OCCO2)C2=C1CN(c1nc(Oc3cccc(F)c3)cc(C(F)(F)F)n1)C2. The molecule has 1 fully saturated rings. The van der Waals surface area contributed by atoms with E-state index in [0.29, 0.717) is 37.0 Å². The summed E-state index contributed by atoms with van der Waals surface area (Å²) in [7, 11) is 0. The van der Waals surface area contributed by atoms with E-state index in [0.717, 1.165) is 11.6 Å². The molecule has 3 aliphatic rings. The van der Waals surface area contributed by atoms with Crippen LogP contribution in [0.3, 0.4) is 0 Å². The quantitative estimate of drug-likeness (QED) is 0.382. The Morgan fingerprint density at radius 2 is 1.78 bits per heavy atom. The van der Waals surface area contributed by atoms with Gasteiger partial charge < -0.3 is 23.8 Å². The molecule has 0 atom stereocenters. The van der Waals surface area contributed by atoms with E-state index in [1.54, 1.807) is 0 Å². The highest BCUT2D eigenvalue weighted by atomic mass is 19.4. The zero-order valence-electron chi connectivity index (χ0n) is 21.6. The summed E-state index contributed by atoms with van der Waals surface area (Å²) in [5.74, 6) is -2.46. The lowest BCUT2D eigenvalue weighted by atomic mass is 9.97. The maximum absolute atomic E-state index is 13.8. The Morgan fingerprint density at radius 1 is 1.00 bits per heavy atom. The molecule has 2 aromatic carbocycles. The predicted octanol–water partition coefficient (Wildman–Crippen LogP) is 5.29. The molecular weight excluding hydrogens is 548 g/mol. The molecular formula is C28H24F4N4O5. The van der Waals surface area contributed by atoms with Crippen LogP contribution in [0.25, 0.3) is 0 Å². The van der Waals surface area contributed by atoms with Gasteiger partial charge >= 0.3 is 12.3 Å². The number of nitrogens with zero attached hydrogens (tertiary/aromatic N) is 4. The van der Waals surface area contributed by atoms with E-state index in [4.69, 9.17) is 18.9 Å². The largest absolute Gasteiger partial charge is 0.444 e. The minimum absolute atomic E-state index is 0.00897. The number of amides is 1. The van der Waals surface area contributed by atoms with Gasteiger partial charge in [0.25, 0.3) is 0 Å². The highest BCUT2D eigenvalue weighted by Gasteiger charge is 2.51. The van der Waals surface area contributed by atoms with Crippen molar-refractivity contribution in [3.05, 3.63) is 89.0 Å². The average molecular weight is 573 g/mol. The second-order valence-electron chi connectivity index (χ2n) is 9.62. The van der Waals surface area contributed by atoms with Gasteiger partial charge in [0, 0.05) is 42.9 Å². The van der Waals surface area contributed by atoms with E-state index in [1.165, 1.54) is 28.0 Å². The van der Waals surface area contributed by atoms with E-state index in [-0.39, 0.29) is 37.9 Å². The molecule has 214 valence electrons. The van der Waals surface area contributed by atoms with Crippen LogP contribution < -0.4 is 9.64 Å². The van der Waals surface area contributed by atoms with Crippen molar-refractivity contribution in [2.45, 2.75) is 25.0 Å². The molecule has 1 amide bonds. The van der Waals surface area contributed by atoms with Gasteiger partial charge in [-0.05, 0) is 17.7 Å². The first-order valence-electron chi connectivity index (χ1n) is 12.8. The number of fused-ring (bicyclic) bond motifs is 1. The molecule has 41 heavy (non-hydrogen) atoms. The van der Waals surface area contributed by atoms with Gasteiger partial charge in [-0.3, -0.25) is 4.90 Å². The van der Waals surface area contributed by atoms with Crippen LogP contribution in [0.2, 0.25) is 0 Å². The van der Waals surface area contributed by atoms with Gasteiger partial charge in [-0.1, -0.05) is 36.4 Å². The highest BCUT2D eigenvalue weighted by Crippen LogP contribution is 2.43. The van der Waals surface area contributed by atoms with E-state index >= 15 is 0 Å². The summed E-state index contributed by atoms with van der Waals surface area (Å²) in [5, 5.41) is 0. The van der Waals surface area contributed by atoms with E-state index in [9.17, 15) is 22.4 Å². The molecule has 3 aromatic rings. The topological polar surface area (TPSA) is 86.2 Å². The summed E-state index contributed by atoms with van der Waals surface area (Å²) in [6, 6.07) is 14.8. The van der Waals surface area contributed by atoms with E-state index in [1.807, 2.05) is 30.3 Å². The van der Waals surface area contributed by atoms with Crippen molar-refractivity contribution in [3.63, 3.8) is 0 Å². The van der Waals surface area contributed by atoms with Crippen LogP contribution >= 0.6 is 0 Å². The molecule has 9 nitrogen and oxygen atoms in total. The van der Waals surface area contributed by atoms with E-state index < -0.39 is 35.4 Å². The van der Waals surface area contributed by atoms with Crippen LogP contribution in [-0.4, -0.2) is 59.6 Å². The zero-order chi connectivity index (χ0) is 28.6. The number of ether oxygens (including phenoxy) is 4. The van der Waals surface area contributed by atoms with Gasteiger partial charge in [0.15, 0.2) is 11.5 Å². The van der Waals surface area contributed by atoms with Crippen LogP contribution in [0.1, 0.15) is 17.7 Å². The summed E-state index contributed by atoms with van der Waals surface area (Å²) in [4.78, 5) is 24.1. The third-order valence-corrected chi connectivity index (χ3v) is 6.95. The Bertz CT molecular complexity index is 1480. The molecule has 0 radical (unpaired) electrons. The monoisotopic (exact) mass is 572 g/mol. The minimum Gasteiger partial charge on any atom is -0.444 e. The fourth-order valence-corrected chi connectivity index (χ4v) is 5.06. The van der Waals surface area contributed by atoms with Crippen molar-refractivity contribution in [2.75, 3.05) is 37.7 Å². The number of rotatable bonds is 5. The fraction of sp³-hybridized carbons (Fsp3) is 0.321. The van der Waals surface area contributed by atoms with Crippen LogP contribution in [0.4, 0.5) is 28.3 Å². The zero-order valence-corrected chi connectivity index (χ0v) is 21.6. The molecule has 4 heterocycles. The summed E-state index contributed by atoms with van der Waals surface area (Å²) in [5.41, 5.74) is 0.652. The molecule has 0 aliphatic carbocycles. The molecule has 3 aliphatic heterocycles. The molecule has 0 unspecified atom stereocenters. The Labute approximate surface area is 231 Å². The van der Waals surface area contributed by atoms with Crippen LogP contribution in [-0.2, 0) is 27.0 Å². The van der Waals surface area contributed by atoms with Crippen LogP contribution in [0, 0.1) is 5.82 Å². The molecule has 0 N–H and O–H groups in total. The van der Waals surface area contributed by atoms with Crippen molar-refractivity contribution in [3.8, 4) is 11.6 Å². The molecule has 0 bridgehead atoms. The number of anilines is 1. The smallest absolute Gasteiger partial charge is 0.433 e. The van der Waals surface area contributed by atoms with E-state index in [2.05, 4.69) is 9.97 Å². The lowest BCUT2D eigenvalue weighted by Gasteiger charge is -2.37. The first kappa shape index (κ1) is 27.0. The third-order valence-electron chi connectivity index (χ3n) is 6.95. The standard InChI is InChI=1S/C28H24F4N4O5/c29-19-7-4-8-20(13-19)41-24-14-23(28(30,31)32)33-25(34-24)35-15-21-22(16-35)36(10-9-27(21)39-11-12-40-27)26(37)38-17-18-5-2-1-3-6-18/h1-8,13-14H,9-12,15-17H2. The molecule has 1 saturated heterocycles. The second-order valence-corrected chi connectivity index (χ2v) is 9.62. The first-order chi connectivity index (χ1) is 19.7. The summed E-state index contributed by atoms with van der Waals surface area (Å²) >= 11 is 0. The number of hydrogen-bond donors (Lipinski definition) is 0. The Balaban J connectivity index is 1.29. The Kier molecular flexibility index (Phi) is 6.99. The highest BCUT2D eigenvalue weighted by molar-refractivity contribution is 5.72. The normalized spacial score (nSPS) is 18.1. The predicted molar refractivity (Wildman–Crippen MR) is 135 cm³/mol. The fourth-order valence-electron chi connectivity index (χ4n) is 5.06. The summed E-state index contributed by atoms with van der Waals surface area (Å²) < 4.78 is 78.1. The summed E-state index contributed by atoms with van der Waals surface area (Å²) in [6.07, 6.45) is -5.09. The molecule has 1 aromatic heterocycles. The number of benzene rings is 2. The molecule has 1 spiro atoms. The molecule has 13 heteroatoms. The lowest BCUT2D eigenvalue weighted by Crippen LogP contribution is -2.46. The maximum Gasteiger partial charge on any atom is 0.433 e. The van der Waals surface area contributed by atoms with Gasteiger partial charge in [0.1, 0.15) is 18.2 Å². The van der Waals surface area contributed by atoms with Crippen molar-refractivity contribution >= 4 is 12.0 Å². The van der Waals surface area contributed by atoms with Gasteiger partial charge in [0.2, 0.25) is 11.8 Å². The molecule has 6 rings (SSSR count). The van der Waals surface area contributed by atoms with Crippen molar-refractivity contribution in [1.82, 2.24) is 14.9 Å². The summed E-state index contributed by atoms with van der Waals surface area (Å²) in [6.45, 7) is 0.973. The van der Waals surface area contributed by atoms with Crippen LogP contribution in [0.15, 0.2) is 71.9 Å². The first-order valence-corrected chi connectivity index (χ1v) is 12.8. The van der Waals surface area contributed by atoms with Crippen molar-refractivity contribution < 1.29 is 41.3 Å². The maximum atomic E-state index is 13.8. The Hall–Kier alpha value is -4.23. The average Bonchev–Trinajstić information content (AvgIpc) is 3.61. The van der Waals surface area contributed by atoms with Gasteiger partial charge in [-0.15, -0.1) is 0 Å². The van der Waals surface area contributed by atoms with Gasteiger partial charge in [0.05, 0.1) is 19.8 Å². The third kappa shape index (κ3) is 5.55. The lowest BCUT2D eigenvalue weighted by molar-refractivity contribution is -0.141. The second kappa shape index (κ2) is 10.6. The van der Waals surface area contributed by atoms with Gasteiger partial charge in [-0.25, -0.2) is 14.2 Å². The molecule has 0 saturated carbocycles. The van der Waals surface area contributed by atoms with Crippen molar-refractivity contribution in [1.29, 1.82) is 0 Å². The number of hydrogen-bond acceptors (Lipinski definition) is 8. The Morgan fingerprint density at radius 3 is 2.51 bits per heavy atom. The number of carbonyl (C=O) groups is 1. The number of halogens is 4. The number of carbonyl (C=O) groups excluding carboxylic acids is 1. The minimum atomic E-state index is -4.81. The van der Waals surface area contributed by atoms with Crippen LogP contribution in [0.5, 0.6) is 11.6 Å². The van der Waals surface area contributed by atoms with Gasteiger partial charge in [-0.2, -0.15) is 18.2 Å². The number of alkyl halides is 3. The number of aromatic nitrogens is 2.